The number of carbonyl (C=O) groups excluding carboxylic acids is 1. The van der Waals surface area contributed by atoms with Crippen LogP contribution in [0.5, 0.6) is 0 Å². The third-order valence-corrected chi connectivity index (χ3v) is 5.17. The number of nitrogens with zero attached hydrogens (tertiary/aromatic N) is 1. The second-order valence-electron chi connectivity index (χ2n) is 6.85. The number of nitrogens with one attached hydrogen (secondary N) is 1. The molecule has 1 saturated heterocycles. The highest BCUT2D eigenvalue weighted by atomic mass is 16.3. The summed E-state index contributed by atoms with van der Waals surface area (Å²) in [4.78, 5) is 14.8. The van der Waals surface area contributed by atoms with Gasteiger partial charge in [0, 0.05) is 12.5 Å². The highest BCUT2D eigenvalue weighted by Gasteiger charge is 2.33. The molecule has 2 heterocycles. The van der Waals surface area contributed by atoms with Crippen LogP contribution >= 0.6 is 0 Å². The van der Waals surface area contributed by atoms with Crippen molar-refractivity contribution in [3.8, 4) is 0 Å². The molecule has 2 atom stereocenters. The van der Waals surface area contributed by atoms with Crippen LogP contribution in [-0.4, -0.2) is 30.4 Å². The van der Waals surface area contributed by atoms with Crippen molar-refractivity contribution in [1.29, 1.82) is 0 Å². The first-order valence-electron chi connectivity index (χ1n) is 8.81. The first-order valence-corrected chi connectivity index (χ1v) is 8.81. The Morgan fingerprint density at radius 2 is 2.05 bits per heavy atom. The summed E-state index contributed by atoms with van der Waals surface area (Å²) in [5.74, 6) is 1.94. The lowest BCUT2D eigenvalue weighted by atomic mass is 10.1. The number of amides is 1. The third kappa shape index (κ3) is 3.92. The van der Waals surface area contributed by atoms with Crippen LogP contribution in [0.15, 0.2) is 22.8 Å². The van der Waals surface area contributed by atoms with Gasteiger partial charge in [0.1, 0.15) is 5.76 Å². The van der Waals surface area contributed by atoms with Crippen LogP contribution in [-0.2, 0) is 4.79 Å². The molecule has 2 fully saturated rings. The molecule has 1 aromatic heterocycles. The average Bonchev–Trinajstić information content (AvgIpc) is 3.30. The van der Waals surface area contributed by atoms with Crippen LogP contribution in [0.1, 0.15) is 57.3 Å². The topological polar surface area (TPSA) is 45.5 Å². The maximum Gasteiger partial charge on any atom is 0.223 e. The summed E-state index contributed by atoms with van der Waals surface area (Å²) in [5.41, 5.74) is 0. The predicted molar refractivity (Wildman–Crippen MR) is 86.4 cm³/mol. The van der Waals surface area contributed by atoms with Crippen molar-refractivity contribution in [2.75, 3.05) is 19.6 Å². The van der Waals surface area contributed by atoms with Crippen molar-refractivity contribution in [1.82, 2.24) is 10.2 Å². The molecular formula is C18H28N2O2. The Kier molecular flexibility index (Phi) is 5.19. The van der Waals surface area contributed by atoms with Gasteiger partial charge in [-0.2, -0.15) is 0 Å². The minimum Gasteiger partial charge on any atom is -0.468 e. The average molecular weight is 304 g/mol. The Hall–Kier alpha value is -1.29. The van der Waals surface area contributed by atoms with Crippen LogP contribution < -0.4 is 5.32 Å². The second-order valence-corrected chi connectivity index (χ2v) is 6.85. The number of carbonyl (C=O) groups is 1. The summed E-state index contributed by atoms with van der Waals surface area (Å²) in [5, 5.41) is 3.17. The summed E-state index contributed by atoms with van der Waals surface area (Å²) in [6.07, 6.45) is 9.26. The Labute approximate surface area is 133 Å². The van der Waals surface area contributed by atoms with Gasteiger partial charge >= 0.3 is 0 Å². The van der Waals surface area contributed by atoms with Gasteiger partial charge in [-0.1, -0.05) is 19.8 Å². The number of hydrogen-bond donors (Lipinski definition) is 1. The minimum absolute atomic E-state index is 0.154. The first kappa shape index (κ1) is 15.6. The van der Waals surface area contributed by atoms with Crippen molar-refractivity contribution in [3.05, 3.63) is 24.2 Å². The number of furan rings is 1. The Morgan fingerprint density at radius 3 is 2.64 bits per heavy atom. The Morgan fingerprint density at radius 1 is 1.32 bits per heavy atom. The largest absolute Gasteiger partial charge is 0.468 e. The van der Waals surface area contributed by atoms with E-state index in [4.69, 9.17) is 4.42 Å². The molecule has 1 amide bonds. The zero-order chi connectivity index (χ0) is 15.4. The van der Waals surface area contributed by atoms with E-state index in [2.05, 4.69) is 17.1 Å². The van der Waals surface area contributed by atoms with Crippen LogP contribution in [0.2, 0.25) is 0 Å². The summed E-state index contributed by atoms with van der Waals surface area (Å²) < 4.78 is 5.65. The zero-order valence-electron chi connectivity index (χ0n) is 13.6. The SMILES string of the molecule is CC(C(=O)NCC(c1ccco1)N1CCCCCC1)C1CC1. The van der Waals surface area contributed by atoms with E-state index in [-0.39, 0.29) is 17.9 Å². The van der Waals surface area contributed by atoms with E-state index >= 15 is 0 Å². The summed E-state index contributed by atoms with van der Waals surface area (Å²) in [6, 6.07) is 4.14. The van der Waals surface area contributed by atoms with Gasteiger partial charge in [-0.05, 0) is 56.8 Å². The zero-order valence-corrected chi connectivity index (χ0v) is 13.6. The molecule has 3 rings (SSSR count). The molecule has 2 unspecified atom stereocenters. The van der Waals surface area contributed by atoms with E-state index < -0.39 is 0 Å². The van der Waals surface area contributed by atoms with Gasteiger partial charge in [0.05, 0.1) is 12.3 Å². The molecule has 1 N–H and O–H groups in total. The molecular weight excluding hydrogens is 276 g/mol. The second kappa shape index (κ2) is 7.32. The van der Waals surface area contributed by atoms with Gasteiger partial charge < -0.3 is 9.73 Å². The van der Waals surface area contributed by atoms with Crippen molar-refractivity contribution in [3.63, 3.8) is 0 Å². The van der Waals surface area contributed by atoms with Crippen LogP contribution in [0, 0.1) is 11.8 Å². The van der Waals surface area contributed by atoms with Gasteiger partial charge in [0.25, 0.3) is 0 Å². The van der Waals surface area contributed by atoms with Crippen molar-refractivity contribution in [2.45, 2.75) is 51.5 Å². The maximum atomic E-state index is 12.3. The van der Waals surface area contributed by atoms with Crippen LogP contribution in [0.3, 0.4) is 0 Å². The summed E-state index contributed by atoms with van der Waals surface area (Å²) in [6.45, 7) is 4.91. The number of hydrogen-bond acceptors (Lipinski definition) is 3. The van der Waals surface area contributed by atoms with Gasteiger partial charge in [0.15, 0.2) is 0 Å². The van der Waals surface area contributed by atoms with E-state index in [1.54, 1.807) is 6.26 Å². The van der Waals surface area contributed by atoms with Crippen molar-refractivity contribution < 1.29 is 9.21 Å². The molecule has 4 heteroatoms. The summed E-state index contributed by atoms with van der Waals surface area (Å²) in [7, 11) is 0. The van der Waals surface area contributed by atoms with Crippen molar-refractivity contribution in [2.24, 2.45) is 11.8 Å². The molecule has 1 aromatic rings. The third-order valence-electron chi connectivity index (χ3n) is 5.17. The molecule has 122 valence electrons. The molecule has 1 aliphatic carbocycles. The number of rotatable bonds is 6. The molecule has 0 radical (unpaired) electrons. The van der Waals surface area contributed by atoms with E-state index in [0.29, 0.717) is 12.5 Å². The van der Waals surface area contributed by atoms with Crippen molar-refractivity contribution >= 4 is 5.91 Å². The lowest BCUT2D eigenvalue weighted by Gasteiger charge is -2.29. The monoisotopic (exact) mass is 304 g/mol. The minimum atomic E-state index is 0.154. The molecule has 1 saturated carbocycles. The molecule has 1 aliphatic heterocycles. The maximum absolute atomic E-state index is 12.3. The van der Waals surface area contributed by atoms with Gasteiger partial charge in [-0.3, -0.25) is 9.69 Å². The normalized spacial score (nSPS) is 22.8. The van der Waals surface area contributed by atoms with E-state index in [0.717, 1.165) is 18.8 Å². The van der Waals surface area contributed by atoms with E-state index in [1.165, 1.54) is 38.5 Å². The van der Waals surface area contributed by atoms with Gasteiger partial charge in [-0.15, -0.1) is 0 Å². The highest BCUT2D eigenvalue weighted by Crippen LogP contribution is 2.36. The molecule has 0 spiro atoms. The fraction of sp³-hybridized carbons (Fsp3) is 0.722. The summed E-state index contributed by atoms with van der Waals surface area (Å²) >= 11 is 0. The molecule has 0 aromatic carbocycles. The standard InChI is InChI=1S/C18H28N2O2/c1-14(15-8-9-15)18(21)19-13-16(17-7-6-12-22-17)20-10-4-2-3-5-11-20/h6-7,12,14-16H,2-5,8-11,13H2,1H3,(H,19,21). The van der Waals surface area contributed by atoms with Gasteiger partial charge in [-0.25, -0.2) is 0 Å². The van der Waals surface area contributed by atoms with E-state index in [9.17, 15) is 4.79 Å². The van der Waals surface area contributed by atoms with Gasteiger partial charge in [0.2, 0.25) is 5.91 Å². The lowest BCUT2D eigenvalue weighted by Crippen LogP contribution is -2.40. The first-order chi connectivity index (χ1) is 10.8. The number of likely N-dealkylation sites (tertiary alicyclic amines) is 1. The Balaban J connectivity index is 1.62. The highest BCUT2D eigenvalue weighted by molar-refractivity contribution is 5.78. The van der Waals surface area contributed by atoms with Crippen LogP contribution in [0.25, 0.3) is 0 Å². The molecule has 0 bridgehead atoms. The smallest absolute Gasteiger partial charge is 0.223 e. The quantitative estimate of drug-likeness (QED) is 0.876. The predicted octanol–water partition coefficient (Wildman–Crippen LogP) is 3.36. The molecule has 22 heavy (non-hydrogen) atoms. The Bertz CT molecular complexity index is 459. The molecule has 2 aliphatic rings. The van der Waals surface area contributed by atoms with Crippen LogP contribution in [0.4, 0.5) is 0 Å². The fourth-order valence-electron chi connectivity index (χ4n) is 3.47. The van der Waals surface area contributed by atoms with E-state index in [1.807, 2.05) is 12.1 Å². The lowest BCUT2D eigenvalue weighted by molar-refractivity contribution is -0.125. The fourth-order valence-corrected chi connectivity index (χ4v) is 3.47. The molecule has 4 nitrogen and oxygen atoms in total.